The molecule has 8 aromatic rings. The number of para-hydroxylation sites is 2. The summed E-state index contributed by atoms with van der Waals surface area (Å²) in [4.78, 5) is 5.00. The largest absolute Gasteiger partial charge is 0.327 e. The Morgan fingerprint density at radius 2 is 1.33 bits per heavy atom. The molecule has 3 heterocycles. The van der Waals surface area contributed by atoms with Crippen LogP contribution in [0.25, 0.3) is 71.3 Å². The van der Waals surface area contributed by atoms with Crippen LogP contribution in [0.4, 0.5) is 0 Å². The first-order valence-corrected chi connectivity index (χ1v) is 11.3. The molecule has 0 amide bonds. The van der Waals surface area contributed by atoms with Crippen molar-refractivity contribution in [3.05, 3.63) is 97.1 Å². The minimum absolute atomic E-state index is 0.996. The van der Waals surface area contributed by atoms with Crippen LogP contribution in [0.15, 0.2) is 97.1 Å². The van der Waals surface area contributed by atoms with E-state index in [0.29, 0.717) is 0 Å². The van der Waals surface area contributed by atoms with Crippen LogP contribution in [0, 0.1) is 0 Å². The van der Waals surface area contributed by atoms with Crippen molar-refractivity contribution in [2.24, 2.45) is 7.05 Å². The first-order valence-electron chi connectivity index (χ1n) is 11.3. The van der Waals surface area contributed by atoms with E-state index >= 15 is 0 Å². The standard InChI is InChI=1S/C30H19N3/c1-32-29-23-17-27-24(16-19(23)14-15-25(29)31-30(32)18-8-3-2-4-9-18)22-12-7-11-21-20-10-5-6-13-26(20)33(27)28(21)22/h2-17H,1H3. The SMILES string of the molecule is Cn1c(-c2ccccc2)nc2ccc3cc4c5cccc6c7ccccc7n(c4cc3c21)c65. The number of benzene rings is 5. The molecule has 0 aliphatic rings. The summed E-state index contributed by atoms with van der Waals surface area (Å²) in [6, 6.07) is 34.9. The molecule has 3 aromatic heterocycles. The van der Waals surface area contributed by atoms with Crippen LogP contribution in [-0.4, -0.2) is 14.0 Å². The molecule has 0 unspecified atom stereocenters. The van der Waals surface area contributed by atoms with Gasteiger partial charge < -0.3 is 8.97 Å². The lowest BCUT2D eigenvalue weighted by Crippen LogP contribution is -1.93. The molecule has 0 bridgehead atoms. The Kier molecular flexibility index (Phi) is 3.08. The molecule has 0 spiro atoms. The number of aryl methyl sites for hydroxylation is 1. The summed E-state index contributed by atoms with van der Waals surface area (Å²) in [7, 11) is 2.13. The van der Waals surface area contributed by atoms with Crippen LogP contribution < -0.4 is 0 Å². The molecule has 0 aliphatic heterocycles. The lowest BCUT2D eigenvalue weighted by atomic mass is 10.0. The van der Waals surface area contributed by atoms with Crippen molar-refractivity contribution in [2.75, 3.05) is 0 Å². The quantitative estimate of drug-likeness (QED) is 0.268. The Morgan fingerprint density at radius 1 is 0.576 bits per heavy atom. The van der Waals surface area contributed by atoms with Crippen LogP contribution in [0.3, 0.4) is 0 Å². The molecule has 3 nitrogen and oxygen atoms in total. The van der Waals surface area contributed by atoms with Crippen molar-refractivity contribution in [3.63, 3.8) is 0 Å². The van der Waals surface area contributed by atoms with E-state index in [9.17, 15) is 0 Å². The highest BCUT2D eigenvalue weighted by molar-refractivity contribution is 6.25. The minimum atomic E-state index is 0.996. The van der Waals surface area contributed by atoms with Gasteiger partial charge in [-0.15, -0.1) is 0 Å². The van der Waals surface area contributed by atoms with Gasteiger partial charge in [-0.2, -0.15) is 0 Å². The average molecular weight is 422 g/mol. The second-order valence-electron chi connectivity index (χ2n) is 8.94. The summed E-state index contributed by atoms with van der Waals surface area (Å²) in [6.45, 7) is 0. The van der Waals surface area contributed by atoms with E-state index in [2.05, 4.69) is 107 Å². The Labute approximate surface area is 189 Å². The second-order valence-corrected chi connectivity index (χ2v) is 8.94. The van der Waals surface area contributed by atoms with E-state index < -0.39 is 0 Å². The van der Waals surface area contributed by atoms with Gasteiger partial charge in [0.15, 0.2) is 0 Å². The third-order valence-corrected chi connectivity index (χ3v) is 7.22. The van der Waals surface area contributed by atoms with E-state index in [1.165, 1.54) is 54.4 Å². The maximum absolute atomic E-state index is 5.00. The molecule has 0 saturated heterocycles. The lowest BCUT2D eigenvalue weighted by Gasteiger charge is -2.06. The van der Waals surface area contributed by atoms with Gasteiger partial charge in [0.25, 0.3) is 0 Å². The van der Waals surface area contributed by atoms with Gasteiger partial charge >= 0.3 is 0 Å². The molecule has 8 rings (SSSR count). The smallest absolute Gasteiger partial charge is 0.140 e. The summed E-state index contributed by atoms with van der Waals surface area (Å²) in [5.74, 6) is 0.996. The maximum atomic E-state index is 5.00. The summed E-state index contributed by atoms with van der Waals surface area (Å²) in [6.07, 6.45) is 0. The highest BCUT2D eigenvalue weighted by Gasteiger charge is 2.19. The Hall–Kier alpha value is -4.37. The number of nitrogens with zero attached hydrogens (tertiary/aromatic N) is 3. The average Bonchev–Trinajstić information content (AvgIpc) is 3.50. The summed E-state index contributed by atoms with van der Waals surface area (Å²) in [5, 5.41) is 7.73. The first kappa shape index (κ1) is 17.2. The zero-order chi connectivity index (χ0) is 21.7. The van der Waals surface area contributed by atoms with Crippen LogP contribution in [0.1, 0.15) is 0 Å². The lowest BCUT2D eigenvalue weighted by molar-refractivity contribution is 0.962. The number of hydrogen-bond acceptors (Lipinski definition) is 1. The molecule has 5 aromatic carbocycles. The predicted octanol–water partition coefficient (Wildman–Crippen LogP) is 7.54. The summed E-state index contributed by atoms with van der Waals surface area (Å²) >= 11 is 0. The van der Waals surface area contributed by atoms with E-state index in [1.807, 2.05) is 6.07 Å². The van der Waals surface area contributed by atoms with E-state index in [1.54, 1.807) is 0 Å². The van der Waals surface area contributed by atoms with Gasteiger partial charge in [0.1, 0.15) is 5.82 Å². The van der Waals surface area contributed by atoms with Gasteiger partial charge in [0, 0.05) is 39.5 Å². The van der Waals surface area contributed by atoms with Crippen molar-refractivity contribution in [2.45, 2.75) is 0 Å². The number of rotatable bonds is 1. The molecule has 0 fully saturated rings. The van der Waals surface area contributed by atoms with Crippen LogP contribution in [0.2, 0.25) is 0 Å². The van der Waals surface area contributed by atoms with Crippen LogP contribution in [0.5, 0.6) is 0 Å². The fraction of sp³-hybridized carbons (Fsp3) is 0.0333. The first-order chi connectivity index (χ1) is 16.3. The van der Waals surface area contributed by atoms with E-state index in [-0.39, 0.29) is 0 Å². The van der Waals surface area contributed by atoms with Crippen molar-refractivity contribution < 1.29 is 0 Å². The van der Waals surface area contributed by atoms with Gasteiger partial charge in [0.05, 0.1) is 27.6 Å². The number of fused-ring (bicyclic) bond motifs is 9. The molecular formula is C30H19N3. The second kappa shape index (κ2) is 5.90. The number of aromatic nitrogens is 3. The van der Waals surface area contributed by atoms with Gasteiger partial charge in [-0.25, -0.2) is 4.98 Å². The van der Waals surface area contributed by atoms with Crippen molar-refractivity contribution in [1.29, 1.82) is 0 Å². The molecule has 0 radical (unpaired) electrons. The Balaban J connectivity index is 1.58. The summed E-state index contributed by atoms with van der Waals surface area (Å²) < 4.78 is 4.69. The van der Waals surface area contributed by atoms with E-state index in [0.717, 1.165) is 16.9 Å². The fourth-order valence-electron chi connectivity index (χ4n) is 5.80. The van der Waals surface area contributed by atoms with Crippen LogP contribution >= 0.6 is 0 Å². The molecule has 0 atom stereocenters. The normalized spacial score (nSPS) is 12.4. The van der Waals surface area contributed by atoms with Crippen molar-refractivity contribution in [1.82, 2.24) is 14.0 Å². The Bertz CT molecular complexity index is 2020. The maximum Gasteiger partial charge on any atom is 0.140 e. The topological polar surface area (TPSA) is 22.2 Å². The van der Waals surface area contributed by atoms with Gasteiger partial charge in [-0.05, 0) is 29.7 Å². The van der Waals surface area contributed by atoms with Crippen LogP contribution in [-0.2, 0) is 7.05 Å². The molecule has 154 valence electrons. The van der Waals surface area contributed by atoms with Crippen molar-refractivity contribution in [3.8, 4) is 11.4 Å². The highest BCUT2D eigenvalue weighted by atomic mass is 15.1. The monoisotopic (exact) mass is 421 g/mol. The van der Waals surface area contributed by atoms with Gasteiger partial charge in [0.2, 0.25) is 0 Å². The van der Waals surface area contributed by atoms with Gasteiger partial charge in [-0.1, -0.05) is 72.8 Å². The molecule has 33 heavy (non-hydrogen) atoms. The zero-order valence-corrected chi connectivity index (χ0v) is 18.1. The molecular weight excluding hydrogens is 402 g/mol. The minimum Gasteiger partial charge on any atom is -0.327 e. The Morgan fingerprint density at radius 3 is 2.21 bits per heavy atom. The summed E-state index contributed by atoms with van der Waals surface area (Å²) in [5.41, 5.74) is 7.18. The third kappa shape index (κ3) is 2.07. The molecule has 3 heteroatoms. The predicted molar refractivity (Wildman–Crippen MR) is 138 cm³/mol. The fourth-order valence-corrected chi connectivity index (χ4v) is 5.80. The highest BCUT2D eigenvalue weighted by Crippen LogP contribution is 2.41. The molecule has 0 N–H and O–H groups in total. The van der Waals surface area contributed by atoms with Gasteiger partial charge in [-0.3, -0.25) is 0 Å². The molecule has 0 saturated carbocycles. The molecule has 0 aliphatic carbocycles. The van der Waals surface area contributed by atoms with Crippen molar-refractivity contribution >= 4 is 59.9 Å². The van der Waals surface area contributed by atoms with E-state index in [4.69, 9.17) is 4.98 Å². The third-order valence-electron chi connectivity index (χ3n) is 7.22. The number of imidazole rings is 1. The zero-order valence-electron chi connectivity index (χ0n) is 18.1. The number of hydrogen-bond donors (Lipinski definition) is 0.